The lowest BCUT2D eigenvalue weighted by Crippen LogP contribution is -2.57. The van der Waals surface area contributed by atoms with Crippen molar-refractivity contribution < 1.29 is 0 Å². The molecule has 2 nitrogen and oxygen atoms in total. The van der Waals surface area contributed by atoms with E-state index in [0.29, 0.717) is 0 Å². The van der Waals surface area contributed by atoms with Gasteiger partial charge in [-0.2, -0.15) is 0 Å². The van der Waals surface area contributed by atoms with Gasteiger partial charge in [0.15, 0.2) is 0 Å². The van der Waals surface area contributed by atoms with E-state index in [2.05, 4.69) is 64.0 Å². The zero-order valence-corrected chi connectivity index (χ0v) is 12.5. The highest BCUT2D eigenvalue weighted by molar-refractivity contribution is 5.23. The average Bonchev–Trinajstić information content (AvgIpc) is 2.34. The second-order valence-electron chi connectivity index (χ2n) is 5.50. The van der Waals surface area contributed by atoms with E-state index in [1.54, 1.807) is 0 Å². The normalized spacial score (nSPS) is 13.9. The average molecular weight is 248 g/mol. The van der Waals surface area contributed by atoms with E-state index in [4.69, 9.17) is 5.73 Å². The van der Waals surface area contributed by atoms with Gasteiger partial charge in [-0.05, 0) is 45.8 Å². The Morgan fingerprint density at radius 2 is 1.61 bits per heavy atom. The van der Waals surface area contributed by atoms with Crippen molar-refractivity contribution in [1.82, 2.24) is 4.90 Å². The summed E-state index contributed by atoms with van der Waals surface area (Å²) in [7, 11) is 4.28. The zero-order valence-electron chi connectivity index (χ0n) is 12.5. The maximum Gasteiger partial charge on any atom is 0.0352 e. The monoisotopic (exact) mass is 248 g/mol. The molecule has 0 fully saturated rings. The lowest BCUT2D eigenvalue weighted by molar-refractivity contribution is 0.105. The summed E-state index contributed by atoms with van der Waals surface area (Å²) >= 11 is 0. The molecule has 0 aliphatic heterocycles. The molecule has 0 saturated heterocycles. The van der Waals surface area contributed by atoms with Crippen molar-refractivity contribution in [2.45, 2.75) is 51.6 Å². The molecule has 0 spiro atoms. The minimum absolute atomic E-state index is 0.102. The molecule has 1 rings (SSSR count). The number of benzene rings is 1. The highest BCUT2D eigenvalue weighted by Crippen LogP contribution is 2.26. The molecule has 0 saturated carbocycles. The topological polar surface area (TPSA) is 29.3 Å². The standard InChI is InChI=1S/C16H28N2/c1-6-16(7-2,18(4)5)15(17)12-14-10-8-13(3)9-11-14/h8-11,15H,6-7,12,17H2,1-5H3. The summed E-state index contributed by atoms with van der Waals surface area (Å²) in [5.41, 5.74) is 9.24. The number of hydrogen-bond acceptors (Lipinski definition) is 2. The van der Waals surface area contributed by atoms with Crippen LogP contribution in [0.5, 0.6) is 0 Å². The van der Waals surface area contributed by atoms with Crippen molar-refractivity contribution in [2.75, 3.05) is 14.1 Å². The third kappa shape index (κ3) is 3.12. The molecular weight excluding hydrogens is 220 g/mol. The van der Waals surface area contributed by atoms with E-state index in [1.807, 2.05) is 0 Å². The molecule has 1 unspecified atom stereocenters. The van der Waals surface area contributed by atoms with Crippen molar-refractivity contribution in [3.05, 3.63) is 35.4 Å². The molecule has 1 aromatic rings. The minimum atomic E-state index is 0.102. The number of hydrogen-bond donors (Lipinski definition) is 1. The van der Waals surface area contributed by atoms with E-state index in [9.17, 15) is 0 Å². The Morgan fingerprint density at radius 1 is 1.11 bits per heavy atom. The van der Waals surface area contributed by atoms with E-state index in [0.717, 1.165) is 19.3 Å². The maximum atomic E-state index is 6.50. The molecule has 0 aliphatic carbocycles. The van der Waals surface area contributed by atoms with Crippen LogP contribution in [0.25, 0.3) is 0 Å². The predicted octanol–water partition coefficient (Wildman–Crippen LogP) is 2.99. The highest BCUT2D eigenvalue weighted by atomic mass is 15.2. The van der Waals surface area contributed by atoms with E-state index in [1.165, 1.54) is 11.1 Å². The molecule has 0 heterocycles. The van der Waals surface area contributed by atoms with Gasteiger partial charge >= 0.3 is 0 Å². The Labute approximate surface area is 112 Å². The van der Waals surface area contributed by atoms with Crippen LogP contribution < -0.4 is 5.73 Å². The van der Waals surface area contributed by atoms with Crippen molar-refractivity contribution in [1.29, 1.82) is 0 Å². The van der Waals surface area contributed by atoms with Gasteiger partial charge in [-0.3, -0.25) is 0 Å². The predicted molar refractivity (Wildman–Crippen MR) is 79.9 cm³/mol. The van der Waals surface area contributed by atoms with Crippen LogP contribution >= 0.6 is 0 Å². The van der Waals surface area contributed by atoms with Crippen molar-refractivity contribution in [3.63, 3.8) is 0 Å². The first-order valence-electron chi connectivity index (χ1n) is 6.94. The molecular formula is C16H28N2. The van der Waals surface area contributed by atoms with Crippen LogP contribution in [0.3, 0.4) is 0 Å². The van der Waals surface area contributed by atoms with Crippen molar-refractivity contribution in [2.24, 2.45) is 5.73 Å². The minimum Gasteiger partial charge on any atom is -0.326 e. The molecule has 102 valence electrons. The molecule has 0 aliphatic rings. The SMILES string of the molecule is CCC(CC)(C(N)Cc1ccc(C)cc1)N(C)C. The van der Waals surface area contributed by atoms with Crippen molar-refractivity contribution >= 4 is 0 Å². The van der Waals surface area contributed by atoms with Gasteiger partial charge < -0.3 is 10.6 Å². The summed E-state index contributed by atoms with van der Waals surface area (Å²) in [4.78, 5) is 2.30. The number of rotatable bonds is 6. The fraction of sp³-hybridized carbons (Fsp3) is 0.625. The van der Waals surface area contributed by atoms with Gasteiger partial charge in [0, 0.05) is 11.6 Å². The Kier molecular flexibility index (Phi) is 5.36. The molecule has 2 N–H and O–H groups in total. The molecule has 2 heteroatoms. The summed E-state index contributed by atoms with van der Waals surface area (Å²) in [6.45, 7) is 6.59. The molecule has 0 amide bonds. The third-order valence-corrected chi connectivity index (χ3v) is 4.38. The van der Waals surface area contributed by atoms with Crippen LogP contribution in [-0.4, -0.2) is 30.6 Å². The molecule has 1 atom stereocenters. The summed E-state index contributed by atoms with van der Waals surface area (Å²) in [5.74, 6) is 0. The van der Waals surface area contributed by atoms with E-state index < -0.39 is 0 Å². The first-order valence-corrected chi connectivity index (χ1v) is 6.94. The van der Waals surface area contributed by atoms with Gasteiger partial charge in [0.2, 0.25) is 0 Å². The molecule has 0 radical (unpaired) electrons. The Bertz CT molecular complexity index is 350. The van der Waals surface area contributed by atoms with E-state index >= 15 is 0 Å². The van der Waals surface area contributed by atoms with Crippen molar-refractivity contribution in [3.8, 4) is 0 Å². The summed E-state index contributed by atoms with van der Waals surface area (Å²) in [6.07, 6.45) is 3.12. The van der Waals surface area contributed by atoms with Crippen LogP contribution in [0, 0.1) is 6.92 Å². The summed E-state index contributed by atoms with van der Waals surface area (Å²) < 4.78 is 0. The fourth-order valence-corrected chi connectivity index (χ4v) is 2.91. The Hall–Kier alpha value is -0.860. The van der Waals surface area contributed by atoms with Gasteiger partial charge in [-0.1, -0.05) is 43.7 Å². The summed E-state index contributed by atoms with van der Waals surface area (Å²) in [6, 6.07) is 8.89. The van der Waals surface area contributed by atoms with Crippen LogP contribution in [-0.2, 0) is 6.42 Å². The van der Waals surface area contributed by atoms with Gasteiger partial charge in [-0.15, -0.1) is 0 Å². The summed E-state index contributed by atoms with van der Waals surface area (Å²) in [5, 5.41) is 0. The smallest absolute Gasteiger partial charge is 0.0352 e. The fourth-order valence-electron chi connectivity index (χ4n) is 2.91. The maximum absolute atomic E-state index is 6.50. The largest absolute Gasteiger partial charge is 0.326 e. The second-order valence-corrected chi connectivity index (χ2v) is 5.50. The highest BCUT2D eigenvalue weighted by Gasteiger charge is 2.35. The lowest BCUT2D eigenvalue weighted by atomic mass is 9.81. The number of aryl methyl sites for hydroxylation is 1. The van der Waals surface area contributed by atoms with E-state index in [-0.39, 0.29) is 11.6 Å². The zero-order chi connectivity index (χ0) is 13.8. The Balaban J connectivity index is 2.85. The first-order chi connectivity index (χ1) is 8.46. The number of nitrogens with two attached hydrogens (primary N) is 1. The van der Waals surface area contributed by atoms with Crippen LogP contribution in [0.2, 0.25) is 0 Å². The van der Waals surface area contributed by atoms with Gasteiger partial charge in [0.05, 0.1) is 0 Å². The van der Waals surface area contributed by atoms with Crippen LogP contribution in [0.15, 0.2) is 24.3 Å². The Morgan fingerprint density at radius 3 is 2.00 bits per heavy atom. The molecule has 1 aromatic carbocycles. The first kappa shape index (κ1) is 15.2. The van der Waals surface area contributed by atoms with Gasteiger partial charge in [-0.25, -0.2) is 0 Å². The third-order valence-electron chi connectivity index (χ3n) is 4.38. The number of nitrogens with zero attached hydrogens (tertiary/aromatic N) is 1. The van der Waals surface area contributed by atoms with Gasteiger partial charge in [0.1, 0.15) is 0 Å². The quantitative estimate of drug-likeness (QED) is 0.838. The van der Waals surface area contributed by atoms with Gasteiger partial charge in [0.25, 0.3) is 0 Å². The lowest BCUT2D eigenvalue weighted by Gasteiger charge is -2.43. The molecule has 0 bridgehead atoms. The van der Waals surface area contributed by atoms with Crippen LogP contribution in [0.4, 0.5) is 0 Å². The van der Waals surface area contributed by atoms with Crippen LogP contribution in [0.1, 0.15) is 37.8 Å². The number of likely N-dealkylation sites (N-methyl/N-ethyl adjacent to an activating group) is 1. The molecule has 0 aromatic heterocycles. The second kappa shape index (κ2) is 6.35. The molecule has 18 heavy (non-hydrogen) atoms.